The van der Waals surface area contributed by atoms with Crippen molar-refractivity contribution in [3.8, 4) is 0 Å². The predicted molar refractivity (Wildman–Crippen MR) is 141 cm³/mol. The Kier molecular flexibility index (Phi) is 11.7. The van der Waals surface area contributed by atoms with Gasteiger partial charge in [-0.25, -0.2) is 0 Å². The minimum atomic E-state index is -1.46. The number of hydrogen-bond donors (Lipinski definition) is 10. The van der Waals surface area contributed by atoms with E-state index in [4.69, 9.17) is 51.4 Å². The van der Waals surface area contributed by atoms with Crippen molar-refractivity contribution in [2.24, 2.45) is 28.9 Å². The molecule has 3 saturated heterocycles. The number of nitrogens with one attached hydrogen (secondary N) is 1. The second kappa shape index (κ2) is 14.4. The molecule has 4 fully saturated rings. The van der Waals surface area contributed by atoms with Crippen LogP contribution in [0.1, 0.15) is 32.6 Å². The Labute approximate surface area is 239 Å². The van der Waals surface area contributed by atoms with Gasteiger partial charge < -0.3 is 76.9 Å². The molecule has 16 nitrogen and oxygen atoms in total. The van der Waals surface area contributed by atoms with E-state index >= 15 is 0 Å². The van der Waals surface area contributed by atoms with Gasteiger partial charge in [-0.15, -0.1) is 0 Å². The fourth-order valence-electron chi connectivity index (χ4n) is 6.11. The van der Waals surface area contributed by atoms with Crippen LogP contribution in [0.4, 0.5) is 0 Å². The van der Waals surface area contributed by atoms with Gasteiger partial charge in [0.2, 0.25) is 0 Å². The van der Waals surface area contributed by atoms with E-state index in [2.05, 4.69) is 5.32 Å². The normalized spacial score (nSPS) is 51.1. The standard InChI is InChI=1S/C25H49N5O11/c1-3-10-15(32)17(34)22(30-2)41-23(10)39-20-14(8-31)37-25(18(20)35)40-21-16(33)12(28)6-13(29)19(21)38-24-11(27)5-4-9(7-26)36-24/h9-25,30-35H,3-8,26-29H2,1-2H3/t9-,10+,11+,12+,13-,14+,15-,16-,17+,18+,19+,20+,21+,22?,23-,24+,25-/m0/s1. The minimum absolute atomic E-state index is 0.227. The molecule has 0 radical (unpaired) electrons. The van der Waals surface area contributed by atoms with Crippen molar-refractivity contribution in [1.29, 1.82) is 0 Å². The van der Waals surface area contributed by atoms with Crippen molar-refractivity contribution in [1.82, 2.24) is 5.32 Å². The molecule has 14 N–H and O–H groups in total. The Bertz CT molecular complexity index is 822. The lowest BCUT2D eigenvalue weighted by Crippen LogP contribution is -2.65. The first kappa shape index (κ1) is 33.3. The Balaban J connectivity index is 1.49. The molecule has 41 heavy (non-hydrogen) atoms. The van der Waals surface area contributed by atoms with E-state index in [1.807, 2.05) is 0 Å². The van der Waals surface area contributed by atoms with Crippen LogP contribution >= 0.6 is 0 Å². The average Bonchev–Trinajstić information content (AvgIpc) is 3.25. The summed E-state index contributed by atoms with van der Waals surface area (Å²) in [6.07, 6.45) is -11.9. The van der Waals surface area contributed by atoms with E-state index in [0.717, 1.165) is 0 Å². The molecule has 0 bridgehead atoms. The second-order valence-electron chi connectivity index (χ2n) is 11.4. The largest absolute Gasteiger partial charge is 0.394 e. The first-order chi connectivity index (χ1) is 19.5. The van der Waals surface area contributed by atoms with E-state index in [9.17, 15) is 25.5 Å². The maximum absolute atomic E-state index is 11.2. The molecule has 1 unspecified atom stereocenters. The molecule has 16 heteroatoms. The molecule has 0 aromatic rings. The van der Waals surface area contributed by atoms with Gasteiger partial charge in [-0.2, -0.15) is 0 Å². The van der Waals surface area contributed by atoms with Crippen LogP contribution in [0.3, 0.4) is 0 Å². The van der Waals surface area contributed by atoms with E-state index in [-0.39, 0.29) is 19.1 Å². The van der Waals surface area contributed by atoms with Gasteiger partial charge >= 0.3 is 0 Å². The summed E-state index contributed by atoms with van der Waals surface area (Å²) < 4.78 is 35.9. The van der Waals surface area contributed by atoms with Gasteiger partial charge in [0, 0.05) is 24.5 Å². The number of aliphatic hydroxyl groups is 5. The molecule has 240 valence electrons. The predicted octanol–water partition coefficient (Wildman–Crippen LogP) is -4.92. The van der Waals surface area contributed by atoms with Gasteiger partial charge in [-0.3, -0.25) is 5.32 Å². The van der Waals surface area contributed by atoms with Crippen molar-refractivity contribution in [3.63, 3.8) is 0 Å². The van der Waals surface area contributed by atoms with E-state index in [1.165, 1.54) is 0 Å². The van der Waals surface area contributed by atoms with Crippen LogP contribution in [0.15, 0.2) is 0 Å². The number of nitrogens with two attached hydrogens (primary N) is 4. The van der Waals surface area contributed by atoms with Crippen LogP contribution in [0.5, 0.6) is 0 Å². The van der Waals surface area contributed by atoms with Crippen molar-refractivity contribution in [2.75, 3.05) is 20.2 Å². The van der Waals surface area contributed by atoms with Crippen LogP contribution < -0.4 is 28.3 Å². The Hall–Kier alpha value is -0.640. The maximum Gasteiger partial charge on any atom is 0.187 e. The smallest absolute Gasteiger partial charge is 0.187 e. The van der Waals surface area contributed by atoms with Gasteiger partial charge in [0.15, 0.2) is 18.9 Å². The zero-order valence-electron chi connectivity index (χ0n) is 23.6. The third kappa shape index (κ3) is 7.04. The minimum Gasteiger partial charge on any atom is -0.394 e. The third-order valence-corrected chi connectivity index (χ3v) is 8.66. The molecule has 3 aliphatic heterocycles. The molecule has 0 aromatic heterocycles. The van der Waals surface area contributed by atoms with Crippen molar-refractivity contribution in [2.45, 2.75) is 131 Å². The fraction of sp³-hybridized carbons (Fsp3) is 1.00. The Morgan fingerprint density at radius 1 is 0.756 bits per heavy atom. The maximum atomic E-state index is 11.2. The summed E-state index contributed by atoms with van der Waals surface area (Å²) in [4.78, 5) is 0. The monoisotopic (exact) mass is 595 g/mol. The molecule has 4 aliphatic rings. The highest BCUT2D eigenvalue weighted by Crippen LogP contribution is 2.36. The molecule has 4 rings (SSSR count). The van der Waals surface area contributed by atoms with Crippen LogP contribution in [0.25, 0.3) is 0 Å². The Morgan fingerprint density at radius 3 is 2.07 bits per heavy atom. The number of rotatable bonds is 10. The summed E-state index contributed by atoms with van der Waals surface area (Å²) >= 11 is 0. The molecule has 3 heterocycles. The summed E-state index contributed by atoms with van der Waals surface area (Å²) in [5.74, 6) is -0.632. The summed E-state index contributed by atoms with van der Waals surface area (Å²) in [5, 5.41) is 56.0. The lowest BCUT2D eigenvalue weighted by Gasteiger charge is -2.45. The highest BCUT2D eigenvalue weighted by Gasteiger charge is 2.53. The molecule has 0 amide bonds. The number of likely N-dealkylation sites (N-methyl/N-ethyl adjacent to an activating group) is 1. The summed E-state index contributed by atoms with van der Waals surface area (Å²) in [6.45, 7) is 1.55. The molecule has 1 saturated carbocycles. The van der Waals surface area contributed by atoms with Crippen molar-refractivity contribution < 1.29 is 54.0 Å². The first-order valence-electron chi connectivity index (χ1n) is 14.4. The first-order valence-corrected chi connectivity index (χ1v) is 14.4. The SMILES string of the molecule is CC[C@H]1[C@@H](O[C@H]2[C@@H](O)[C@H](O[C@@H]3[C@@H](O)[C@H](N)C[C@H](N)[C@H]3O[C@H]3O[C@H](CN)CC[C@H]3N)O[C@@H]2CO)OC(NC)[C@H](O)[C@H]1O. The van der Waals surface area contributed by atoms with E-state index < -0.39 is 105 Å². The lowest BCUT2D eigenvalue weighted by molar-refractivity contribution is -0.306. The number of hydrogen-bond acceptors (Lipinski definition) is 16. The number of aliphatic hydroxyl groups excluding tert-OH is 5. The summed E-state index contributed by atoms with van der Waals surface area (Å²) in [5.41, 5.74) is 24.6. The lowest BCUT2D eigenvalue weighted by atomic mass is 9.84. The highest BCUT2D eigenvalue weighted by atomic mass is 16.8. The van der Waals surface area contributed by atoms with Crippen LogP contribution in [0, 0.1) is 5.92 Å². The highest BCUT2D eigenvalue weighted by molar-refractivity contribution is 5.01. The number of ether oxygens (including phenoxy) is 6. The zero-order valence-corrected chi connectivity index (χ0v) is 23.6. The third-order valence-electron chi connectivity index (χ3n) is 8.66. The summed E-state index contributed by atoms with van der Waals surface area (Å²) in [6, 6.07) is -1.88. The van der Waals surface area contributed by atoms with Gasteiger partial charge in [0.25, 0.3) is 0 Å². The van der Waals surface area contributed by atoms with Crippen molar-refractivity contribution >= 4 is 0 Å². The van der Waals surface area contributed by atoms with Gasteiger partial charge in [-0.05, 0) is 32.7 Å². The second-order valence-corrected chi connectivity index (χ2v) is 11.4. The van der Waals surface area contributed by atoms with Gasteiger partial charge in [0.1, 0.15) is 42.9 Å². The fourth-order valence-corrected chi connectivity index (χ4v) is 6.11. The molecule has 0 aromatic carbocycles. The average molecular weight is 596 g/mol. The molecule has 17 atom stereocenters. The molecule has 0 spiro atoms. The summed E-state index contributed by atoms with van der Waals surface area (Å²) in [7, 11) is 1.56. The zero-order chi connectivity index (χ0) is 30.0. The Morgan fingerprint density at radius 2 is 1.44 bits per heavy atom. The van der Waals surface area contributed by atoms with Crippen LogP contribution in [0.2, 0.25) is 0 Å². The van der Waals surface area contributed by atoms with Crippen molar-refractivity contribution in [3.05, 3.63) is 0 Å². The van der Waals surface area contributed by atoms with Gasteiger partial charge in [-0.1, -0.05) is 6.92 Å². The topological polar surface area (TPSA) is 273 Å². The quantitative estimate of drug-likeness (QED) is 0.113. The van der Waals surface area contributed by atoms with E-state index in [0.29, 0.717) is 19.3 Å². The molecule has 1 aliphatic carbocycles. The molecular weight excluding hydrogens is 546 g/mol. The van der Waals surface area contributed by atoms with Crippen LogP contribution in [-0.4, -0.2) is 144 Å². The van der Waals surface area contributed by atoms with E-state index in [1.54, 1.807) is 14.0 Å². The molecular formula is C25H49N5O11. The van der Waals surface area contributed by atoms with Crippen LogP contribution in [-0.2, 0) is 28.4 Å². The van der Waals surface area contributed by atoms with Gasteiger partial charge in [0.05, 0.1) is 31.0 Å².